The van der Waals surface area contributed by atoms with Crippen molar-refractivity contribution in [3.8, 4) is 0 Å². The van der Waals surface area contributed by atoms with Crippen molar-refractivity contribution in [2.75, 3.05) is 6.61 Å². The van der Waals surface area contributed by atoms with Gasteiger partial charge in [0.25, 0.3) is 0 Å². The number of hydrogen-bond acceptors (Lipinski definition) is 4. The molecule has 0 amide bonds. The number of aliphatic hydroxyl groups is 1. The van der Waals surface area contributed by atoms with E-state index in [0.717, 1.165) is 18.4 Å². The van der Waals surface area contributed by atoms with Gasteiger partial charge in [0.15, 0.2) is 0 Å². The average Bonchev–Trinajstić information content (AvgIpc) is 2.94. The third-order valence-corrected chi connectivity index (χ3v) is 4.73. The molecule has 0 saturated carbocycles. The third kappa shape index (κ3) is 6.25. The van der Waals surface area contributed by atoms with E-state index in [9.17, 15) is 9.90 Å². The minimum atomic E-state index is -0.862. The molecular formula is C20H32O4. The van der Waals surface area contributed by atoms with E-state index in [1.807, 2.05) is 26.8 Å². The highest BCUT2D eigenvalue weighted by Crippen LogP contribution is 2.34. The fourth-order valence-electron chi connectivity index (χ4n) is 2.63. The van der Waals surface area contributed by atoms with Crippen molar-refractivity contribution in [1.82, 2.24) is 0 Å². The van der Waals surface area contributed by atoms with Crippen LogP contribution < -0.4 is 0 Å². The lowest BCUT2D eigenvalue weighted by atomic mass is 9.99. The van der Waals surface area contributed by atoms with Crippen LogP contribution in [0.5, 0.6) is 0 Å². The molecule has 0 radical (unpaired) electrons. The molecule has 24 heavy (non-hydrogen) atoms. The van der Waals surface area contributed by atoms with Crippen LogP contribution in [-0.2, 0) is 14.3 Å². The van der Waals surface area contributed by atoms with Gasteiger partial charge < -0.3 is 14.6 Å². The van der Waals surface area contributed by atoms with Crippen molar-refractivity contribution in [3.05, 3.63) is 37.0 Å². The Kier molecular flexibility index (Phi) is 7.43. The molecule has 0 aromatic heterocycles. The smallest absolute Gasteiger partial charge is 0.311 e. The molecule has 1 N–H and O–H groups in total. The minimum Gasteiger partial charge on any atom is -0.461 e. The summed E-state index contributed by atoms with van der Waals surface area (Å²) in [5, 5.41) is 9.86. The van der Waals surface area contributed by atoms with Gasteiger partial charge in [-0.15, -0.1) is 13.2 Å². The molecule has 0 aromatic rings. The average molecular weight is 336 g/mol. The number of carbonyl (C=O) groups is 1. The molecule has 0 bridgehead atoms. The first-order valence-electron chi connectivity index (χ1n) is 8.62. The topological polar surface area (TPSA) is 55.8 Å². The van der Waals surface area contributed by atoms with Crippen LogP contribution in [0.1, 0.15) is 53.4 Å². The van der Waals surface area contributed by atoms with E-state index in [4.69, 9.17) is 9.47 Å². The van der Waals surface area contributed by atoms with Crippen molar-refractivity contribution in [2.24, 2.45) is 5.92 Å². The Morgan fingerprint density at radius 1 is 1.54 bits per heavy atom. The second-order valence-electron chi connectivity index (χ2n) is 7.26. The maximum Gasteiger partial charge on any atom is 0.311 e. The molecule has 1 aliphatic rings. The molecule has 1 fully saturated rings. The maximum atomic E-state index is 12.2. The van der Waals surface area contributed by atoms with Crippen molar-refractivity contribution < 1.29 is 19.4 Å². The van der Waals surface area contributed by atoms with E-state index in [1.165, 1.54) is 6.08 Å². The summed E-state index contributed by atoms with van der Waals surface area (Å²) >= 11 is 0. The van der Waals surface area contributed by atoms with Gasteiger partial charge in [-0.1, -0.05) is 18.2 Å². The van der Waals surface area contributed by atoms with Crippen LogP contribution in [0.2, 0.25) is 0 Å². The predicted octanol–water partition coefficient (Wildman–Crippen LogP) is 3.95. The van der Waals surface area contributed by atoms with E-state index in [-0.39, 0.29) is 30.2 Å². The standard InChI is InChI=1S/C20H32O4/c1-7-19(5,22)12-9-10-15(3)14-23-18(21)16(4)17-11-13-20(6,8-2)24-17/h7-8,10,16-17,22H,1-2,9,11-14H2,3-6H3/b15-10-/t16-,17+,19-,20+/m0/s1. The van der Waals surface area contributed by atoms with Crippen LogP contribution in [0, 0.1) is 5.92 Å². The van der Waals surface area contributed by atoms with Crippen LogP contribution in [0.25, 0.3) is 0 Å². The quantitative estimate of drug-likeness (QED) is 0.511. The maximum absolute atomic E-state index is 12.2. The van der Waals surface area contributed by atoms with Gasteiger partial charge in [0, 0.05) is 0 Å². The molecule has 4 heteroatoms. The fourth-order valence-corrected chi connectivity index (χ4v) is 2.63. The summed E-state index contributed by atoms with van der Waals surface area (Å²) in [6.45, 7) is 15.1. The number of hydrogen-bond donors (Lipinski definition) is 1. The van der Waals surface area contributed by atoms with Gasteiger partial charge >= 0.3 is 5.97 Å². The van der Waals surface area contributed by atoms with E-state index in [2.05, 4.69) is 13.2 Å². The largest absolute Gasteiger partial charge is 0.461 e. The highest BCUT2D eigenvalue weighted by Gasteiger charge is 2.38. The zero-order valence-electron chi connectivity index (χ0n) is 15.5. The molecule has 1 aliphatic heterocycles. The summed E-state index contributed by atoms with van der Waals surface area (Å²) in [5.41, 5.74) is -0.227. The molecule has 0 aliphatic carbocycles. The molecule has 1 rings (SSSR count). The molecule has 1 saturated heterocycles. The molecule has 0 unspecified atom stereocenters. The first kappa shape index (κ1) is 20.7. The SMILES string of the molecule is C=C[C@](C)(O)CC/C=C(/C)COC(=O)[C@@H](C)[C@H]1CC[C@@](C)(C=C)O1. The number of esters is 1. The van der Waals surface area contributed by atoms with Crippen LogP contribution in [0.4, 0.5) is 0 Å². The van der Waals surface area contributed by atoms with Crippen LogP contribution in [0.15, 0.2) is 37.0 Å². The van der Waals surface area contributed by atoms with Crippen LogP contribution in [-0.4, -0.2) is 35.0 Å². The van der Waals surface area contributed by atoms with Crippen molar-refractivity contribution >= 4 is 5.97 Å². The van der Waals surface area contributed by atoms with E-state index in [0.29, 0.717) is 12.8 Å². The van der Waals surface area contributed by atoms with Gasteiger partial charge in [-0.25, -0.2) is 0 Å². The third-order valence-electron chi connectivity index (χ3n) is 4.73. The molecule has 0 spiro atoms. The minimum absolute atomic E-state index is 0.118. The number of allylic oxidation sites excluding steroid dienone is 1. The molecular weight excluding hydrogens is 304 g/mol. The highest BCUT2D eigenvalue weighted by atomic mass is 16.5. The monoisotopic (exact) mass is 336 g/mol. The highest BCUT2D eigenvalue weighted by molar-refractivity contribution is 5.73. The second-order valence-corrected chi connectivity index (χ2v) is 7.26. The number of carbonyl (C=O) groups excluding carboxylic acids is 1. The molecule has 4 nitrogen and oxygen atoms in total. The van der Waals surface area contributed by atoms with Crippen molar-refractivity contribution in [3.63, 3.8) is 0 Å². The van der Waals surface area contributed by atoms with Gasteiger partial charge in [-0.2, -0.15) is 0 Å². The van der Waals surface area contributed by atoms with Gasteiger partial charge in [0.1, 0.15) is 6.61 Å². The number of rotatable bonds is 9. The first-order chi connectivity index (χ1) is 11.1. The Labute approximate surface area is 146 Å². The lowest BCUT2D eigenvalue weighted by molar-refractivity contribution is -0.152. The Bertz CT molecular complexity index is 492. The van der Waals surface area contributed by atoms with E-state index < -0.39 is 5.60 Å². The summed E-state index contributed by atoms with van der Waals surface area (Å²) < 4.78 is 11.3. The number of ether oxygens (including phenoxy) is 2. The van der Waals surface area contributed by atoms with E-state index >= 15 is 0 Å². The van der Waals surface area contributed by atoms with Gasteiger partial charge in [0.2, 0.25) is 0 Å². The Morgan fingerprint density at radius 3 is 2.75 bits per heavy atom. The van der Waals surface area contributed by atoms with Crippen LogP contribution in [0.3, 0.4) is 0 Å². The summed E-state index contributed by atoms with van der Waals surface area (Å²) in [6, 6.07) is 0. The Hall–Kier alpha value is -1.39. The summed E-state index contributed by atoms with van der Waals surface area (Å²) in [7, 11) is 0. The zero-order chi connectivity index (χ0) is 18.4. The first-order valence-corrected chi connectivity index (χ1v) is 8.62. The molecule has 1 heterocycles. The normalized spacial score (nSPS) is 28.0. The van der Waals surface area contributed by atoms with Gasteiger partial charge in [-0.3, -0.25) is 4.79 Å². The fraction of sp³-hybridized carbons (Fsp3) is 0.650. The second kappa shape index (κ2) is 8.63. The van der Waals surface area contributed by atoms with Gasteiger partial charge in [0.05, 0.1) is 23.2 Å². The Balaban J connectivity index is 2.40. The van der Waals surface area contributed by atoms with Crippen LogP contribution >= 0.6 is 0 Å². The lowest BCUT2D eigenvalue weighted by Crippen LogP contribution is -2.30. The summed E-state index contributed by atoms with van der Waals surface area (Å²) in [5.74, 6) is -0.528. The van der Waals surface area contributed by atoms with Crippen molar-refractivity contribution in [1.29, 1.82) is 0 Å². The summed E-state index contributed by atoms with van der Waals surface area (Å²) in [6.07, 6.45) is 8.22. The molecule has 4 atom stereocenters. The lowest BCUT2D eigenvalue weighted by Gasteiger charge is -2.23. The summed E-state index contributed by atoms with van der Waals surface area (Å²) in [4.78, 5) is 12.2. The zero-order valence-corrected chi connectivity index (χ0v) is 15.5. The van der Waals surface area contributed by atoms with Crippen molar-refractivity contribution in [2.45, 2.75) is 70.7 Å². The Morgan fingerprint density at radius 2 is 2.21 bits per heavy atom. The van der Waals surface area contributed by atoms with E-state index in [1.54, 1.807) is 13.0 Å². The predicted molar refractivity (Wildman–Crippen MR) is 96.6 cm³/mol. The molecule has 136 valence electrons. The molecule has 0 aromatic carbocycles. The van der Waals surface area contributed by atoms with Gasteiger partial charge in [-0.05, 0) is 59.0 Å².